The normalized spacial score (nSPS) is 16.4. The van der Waals surface area contributed by atoms with Gasteiger partial charge in [-0.25, -0.2) is 4.68 Å². The molecule has 1 aliphatic heterocycles. The lowest BCUT2D eigenvalue weighted by molar-refractivity contribution is -0.123. The molecule has 6 heteroatoms. The summed E-state index contributed by atoms with van der Waals surface area (Å²) in [5, 5.41) is 7.66. The van der Waals surface area contributed by atoms with Crippen molar-refractivity contribution in [3.8, 4) is 22.7 Å². The average Bonchev–Trinajstić information content (AvgIpc) is 3.30. The van der Waals surface area contributed by atoms with E-state index in [1.807, 2.05) is 67.4 Å². The van der Waals surface area contributed by atoms with E-state index >= 15 is 0 Å². The Hall–Kier alpha value is -3.12. The van der Waals surface area contributed by atoms with Crippen LogP contribution >= 0.6 is 0 Å². The molecule has 1 spiro atoms. The zero-order valence-corrected chi connectivity index (χ0v) is 17.4. The number of para-hydroxylation sites is 1. The largest absolute Gasteiger partial charge is 0.490 e. The molecule has 3 aromatic rings. The van der Waals surface area contributed by atoms with Crippen molar-refractivity contribution in [3.05, 3.63) is 60.3 Å². The topological polar surface area (TPSA) is 59.4 Å². The van der Waals surface area contributed by atoms with Gasteiger partial charge in [-0.3, -0.25) is 4.79 Å². The van der Waals surface area contributed by atoms with Gasteiger partial charge in [0.15, 0.2) is 0 Å². The summed E-state index contributed by atoms with van der Waals surface area (Å²) in [6.07, 6.45) is 4.68. The lowest BCUT2D eigenvalue weighted by Gasteiger charge is -2.36. The van der Waals surface area contributed by atoms with Crippen LogP contribution in [0.2, 0.25) is 0 Å². The standard InChI is InChI=1S/C24H26N4O2/c1-27(2)13-14-30-21-16-17(15-19-22(21)26-23(29)24(19)10-6-11-24)20-9-12-25-28(20)18-7-4-3-5-8-18/h3-5,7-9,12,15-16H,6,10-11,13-14H2,1-2H3,(H,26,29). The Kier molecular flexibility index (Phi) is 4.59. The molecular formula is C24H26N4O2. The number of fused-ring (bicyclic) bond motifs is 2. The molecular weight excluding hydrogens is 376 g/mol. The van der Waals surface area contributed by atoms with E-state index in [9.17, 15) is 4.79 Å². The molecule has 30 heavy (non-hydrogen) atoms. The van der Waals surface area contributed by atoms with Gasteiger partial charge in [-0.05, 0) is 62.8 Å². The lowest BCUT2D eigenvalue weighted by Crippen LogP contribution is -2.40. The Morgan fingerprint density at radius 1 is 1.17 bits per heavy atom. The molecule has 1 saturated carbocycles. The Morgan fingerprint density at radius 3 is 2.67 bits per heavy atom. The van der Waals surface area contributed by atoms with Crippen LogP contribution < -0.4 is 10.1 Å². The molecule has 1 aliphatic carbocycles. The summed E-state index contributed by atoms with van der Waals surface area (Å²) in [4.78, 5) is 14.9. The van der Waals surface area contributed by atoms with Gasteiger partial charge in [-0.2, -0.15) is 5.10 Å². The molecule has 1 fully saturated rings. The SMILES string of the molecule is CN(C)CCOc1cc(-c2ccnn2-c2ccccc2)cc2c1NC(=O)C21CCC1. The maximum atomic E-state index is 12.9. The predicted octanol–water partition coefficient (Wildman–Crippen LogP) is 3.85. The van der Waals surface area contributed by atoms with Crippen LogP contribution in [0, 0.1) is 0 Å². The number of rotatable bonds is 6. The fraction of sp³-hybridized carbons (Fsp3) is 0.333. The third kappa shape index (κ3) is 2.99. The summed E-state index contributed by atoms with van der Waals surface area (Å²) >= 11 is 0. The second kappa shape index (κ2) is 7.29. The Bertz CT molecular complexity index is 1080. The molecule has 2 heterocycles. The van der Waals surface area contributed by atoms with Gasteiger partial charge in [0.1, 0.15) is 12.4 Å². The Labute approximate surface area is 176 Å². The van der Waals surface area contributed by atoms with Crippen LogP contribution in [0.3, 0.4) is 0 Å². The molecule has 2 aliphatic rings. The van der Waals surface area contributed by atoms with Crippen molar-refractivity contribution in [1.29, 1.82) is 0 Å². The van der Waals surface area contributed by atoms with Crippen LogP contribution in [0.15, 0.2) is 54.7 Å². The molecule has 0 atom stereocenters. The van der Waals surface area contributed by atoms with E-state index in [2.05, 4.69) is 21.4 Å². The molecule has 1 N–H and O–H groups in total. The van der Waals surface area contributed by atoms with Crippen molar-refractivity contribution < 1.29 is 9.53 Å². The number of carbonyl (C=O) groups is 1. The van der Waals surface area contributed by atoms with E-state index in [0.29, 0.717) is 6.61 Å². The summed E-state index contributed by atoms with van der Waals surface area (Å²) in [6, 6.07) is 16.3. The summed E-state index contributed by atoms with van der Waals surface area (Å²) in [7, 11) is 4.04. The van der Waals surface area contributed by atoms with E-state index in [1.54, 1.807) is 0 Å². The molecule has 5 rings (SSSR count). The zero-order chi connectivity index (χ0) is 20.7. The van der Waals surface area contributed by atoms with Gasteiger partial charge in [0.05, 0.1) is 28.7 Å². The van der Waals surface area contributed by atoms with Crippen molar-refractivity contribution in [1.82, 2.24) is 14.7 Å². The summed E-state index contributed by atoms with van der Waals surface area (Å²) in [6.45, 7) is 1.36. The summed E-state index contributed by atoms with van der Waals surface area (Å²) < 4.78 is 8.10. The highest BCUT2D eigenvalue weighted by Crippen LogP contribution is 2.54. The minimum atomic E-state index is -0.400. The number of hydrogen-bond donors (Lipinski definition) is 1. The van der Waals surface area contributed by atoms with E-state index in [4.69, 9.17) is 4.74 Å². The van der Waals surface area contributed by atoms with E-state index in [1.165, 1.54) is 0 Å². The molecule has 0 bridgehead atoms. The van der Waals surface area contributed by atoms with Crippen molar-refractivity contribution in [2.45, 2.75) is 24.7 Å². The first-order chi connectivity index (χ1) is 14.6. The summed E-state index contributed by atoms with van der Waals surface area (Å²) in [5.41, 5.74) is 4.50. The van der Waals surface area contributed by atoms with Gasteiger partial charge in [0.2, 0.25) is 5.91 Å². The van der Waals surface area contributed by atoms with Gasteiger partial charge in [0, 0.05) is 12.1 Å². The molecule has 0 unspecified atom stereocenters. The van der Waals surface area contributed by atoms with Crippen LogP contribution in [0.5, 0.6) is 5.75 Å². The molecule has 2 aromatic carbocycles. The third-order valence-corrected chi connectivity index (χ3v) is 6.23. The van der Waals surface area contributed by atoms with Gasteiger partial charge in [0.25, 0.3) is 0 Å². The fourth-order valence-corrected chi connectivity index (χ4v) is 4.40. The third-order valence-electron chi connectivity index (χ3n) is 6.23. The lowest BCUT2D eigenvalue weighted by atomic mass is 9.65. The second-order valence-electron chi connectivity index (χ2n) is 8.40. The quantitative estimate of drug-likeness (QED) is 0.680. The average molecular weight is 402 g/mol. The zero-order valence-electron chi connectivity index (χ0n) is 17.4. The van der Waals surface area contributed by atoms with Crippen LogP contribution in [-0.2, 0) is 10.2 Å². The Balaban J connectivity index is 1.61. The molecule has 6 nitrogen and oxygen atoms in total. The minimum absolute atomic E-state index is 0.106. The number of aromatic nitrogens is 2. The summed E-state index contributed by atoms with van der Waals surface area (Å²) in [5.74, 6) is 0.845. The second-order valence-corrected chi connectivity index (χ2v) is 8.40. The number of benzene rings is 2. The van der Waals surface area contributed by atoms with Crippen molar-refractivity contribution in [2.24, 2.45) is 0 Å². The van der Waals surface area contributed by atoms with E-state index < -0.39 is 5.41 Å². The number of nitrogens with one attached hydrogen (secondary N) is 1. The van der Waals surface area contributed by atoms with E-state index in [-0.39, 0.29) is 5.91 Å². The molecule has 154 valence electrons. The number of amides is 1. The highest BCUT2D eigenvalue weighted by atomic mass is 16.5. The van der Waals surface area contributed by atoms with Crippen molar-refractivity contribution in [3.63, 3.8) is 0 Å². The highest BCUT2D eigenvalue weighted by Gasteiger charge is 2.52. The minimum Gasteiger partial charge on any atom is -0.490 e. The van der Waals surface area contributed by atoms with Crippen LogP contribution in [0.25, 0.3) is 16.9 Å². The van der Waals surface area contributed by atoms with Crippen LogP contribution in [-0.4, -0.2) is 47.8 Å². The van der Waals surface area contributed by atoms with E-state index in [0.717, 1.165) is 59.8 Å². The van der Waals surface area contributed by atoms with Gasteiger partial charge in [-0.1, -0.05) is 24.6 Å². The molecule has 0 saturated heterocycles. The van der Waals surface area contributed by atoms with Gasteiger partial charge >= 0.3 is 0 Å². The first-order valence-corrected chi connectivity index (χ1v) is 10.5. The fourth-order valence-electron chi connectivity index (χ4n) is 4.40. The monoisotopic (exact) mass is 402 g/mol. The molecule has 1 amide bonds. The molecule has 1 aromatic heterocycles. The number of carbonyl (C=O) groups excluding carboxylic acids is 1. The number of ether oxygens (including phenoxy) is 1. The number of likely N-dealkylation sites (N-methyl/N-ethyl adjacent to an activating group) is 1. The maximum Gasteiger partial charge on any atom is 0.235 e. The highest BCUT2D eigenvalue weighted by molar-refractivity contribution is 6.09. The maximum absolute atomic E-state index is 12.9. The first-order valence-electron chi connectivity index (χ1n) is 10.5. The smallest absolute Gasteiger partial charge is 0.235 e. The number of nitrogens with zero attached hydrogens (tertiary/aromatic N) is 3. The van der Waals surface area contributed by atoms with Gasteiger partial charge in [-0.15, -0.1) is 0 Å². The van der Waals surface area contributed by atoms with Crippen LogP contribution in [0.4, 0.5) is 5.69 Å². The van der Waals surface area contributed by atoms with Gasteiger partial charge < -0.3 is 15.0 Å². The van der Waals surface area contributed by atoms with Crippen molar-refractivity contribution >= 4 is 11.6 Å². The Morgan fingerprint density at radius 2 is 1.97 bits per heavy atom. The molecule has 0 radical (unpaired) electrons. The van der Waals surface area contributed by atoms with Crippen LogP contribution in [0.1, 0.15) is 24.8 Å². The predicted molar refractivity (Wildman–Crippen MR) is 117 cm³/mol. The van der Waals surface area contributed by atoms with Crippen molar-refractivity contribution in [2.75, 3.05) is 32.6 Å². The number of hydrogen-bond acceptors (Lipinski definition) is 4. The first kappa shape index (κ1) is 18.9. The number of anilines is 1.